The van der Waals surface area contributed by atoms with Crippen molar-refractivity contribution >= 4 is 11.7 Å². The minimum atomic E-state index is -0.113. The van der Waals surface area contributed by atoms with Crippen molar-refractivity contribution in [2.24, 2.45) is 0 Å². The molecule has 0 atom stereocenters. The molecule has 0 bridgehead atoms. The van der Waals surface area contributed by atoms with E-state index in [1.54, 1.807) is 4.90 Å². The van der Waals surface area contributed by atoms with Gasteiger partial charge in [0.2, 0.25) is 0 Å². The lowest BCUT2D eigenvalue weighted by Crippen LogP contribution is -2.39. The third-order valence-electron chi connectivity index (χ3n) is 3.57. The van der Waals surface area contributed by atoms with Crippen LogP contribution >= 0.6 is 0 Å². The van der Waals surface area contributed by atoms with Crippen molar-refractivity contribution in [2.45, 2.75) is 45.1 Å². The van der Waals surface area contributed by atoms with E-state index in [0.29, 0.717) is 12.6 Å². The minimum Gasteiger partial charge on any atom is -0.395 e. The Hall–Kier alpha value is -1.55. The largest absolute Gasteiger partial charge is 0.395 e. The molecule has 20 heavy (non-hydrogen) atoms. The van der Waals surface area contributed by atoms with Crippen molar-refractivity contribution in [3.63, 3.8) is 0 Å². The molecule has 4 nitrogen and oxygen atoms in total. The topological polar surface area (TPSA) is 52.6 Å². The Labute approximate surface area is 120 Å². The van der Waals surface area contributed by atoms with E-state index in [-0.39, 0.29) is 18.1 Å². The van der Waals surface area contributed by atoms with E-state index in [1.807, 2.05) is 24.3 Å². The van der Waals surface area contributed by atoms with Crippen LogP contribution in [0.2, 0.25) is 0 Å². The maximum atomic E-state index is 12.4. The van der Waals surface area contributed by atoms with Gasteiger partial charge in [0.25, 0.3) is 0 Å². The summed E-state index contributed by atoms with van der Waals surface area (Å²) < 4.78 is 0. The number of nitrogens with one attached hydrogen (secondary N) is 1. The Bertz CT molecular complexity index is 476. The number of amides is 2. The number of carbonyl (C=O) groups excluding carboxylic acids is 1. The highest BCUT2D eigenvalue weighted by Crippen LogP contribution is 2.31. The normalized spacial score (nSPS) is 15.0. The number of benzene rings is 1. The number of aliphatic hydroxyl groups is 1. The summed E-state index contributed by atoms with van der Waals surface area (Å²) in [5, 5.41) is 12.1. The molecule has 0 aliphatic heterocycles. The van der Waals surface area contributed by atoms with Gasteiger partial charge < -0.3 is 15.3 Å². The third-order valence-corrected chi connectivity index (χ3v) is 3.57. The first-order valence-corrected chi connectivity index (χ1v) is 7.21. The lowest BCUT2D eigenvalue weighted by Gasteiger charge is -2.26. The van der Waals surface area contributed by atoms with Gasteiger partial charge in [-0.15, -0.1) is 0 Å². The molecule has 2 amide bonds. The average molecular weight is 276 g/mol. The fraction of sp³-hybridized carbons (Fsp3) is 0.562. The summed E-state index contributed by atoms with van der Waals surface area (Å²) in [5.41, 5.74) is 1.95. The van der Waals surface area contributed by atoms with Gasteiger partial charge in [-0.2, -0.15) is 0 Å². The van der Waals surface area contributed by atoms with Gasteiger partial charge in [0.15, 0.2) is 0 Å². The monoisotopic (exact) mass is 276 g/mol. The highest BCUT2D eigenvalue weighted by atomic mass is 16.3. The van der Waals surface area contributed by atoms with E-state index in [2.05, 4.69) is 26.1 Å². The molecule has 0 aromatic heterocycles. The Balaban J connectivity index is 2.15. The van der Waals surface area contributed by atoms with E-state index in [0.717, 1.165) is 24.1 Å². The van der Waals surface area contributed by atoms with Gasteiger partial charge in [-0.1, -0.05) is 39.0 Å². The molecule has 1 aromatic carbocycles. The van der Waals surface area contributed by atoms with Crippen molar-refractivity contribution in [1.82, 2.24) is 4.90 Å². The second-order valence-corrected chi connectivity index (χ2v) is 6.37. The number of anilines is 1. The number of carbonyl (C=O) groups is 1. The van der Waals surface area contributed by atoms with Crippen LogP contribution in [0.25, 0.3) is 0 Å². The summed E-state index contributed by atoms with van der Waals surface area (Å²) in [6.45, 7) is 6.79. The van der Waals surface area contributed by atoms with Gasteiger partial charge >= 0.3 is 6.03 Å². The zero-order valence-electron chi connectivity index (χ0n) is 12.5. The number of rotatable bonds is 4. The molecule has 2 N–H and O–H groups in total. The Morgan fingerprint density at radius 3 is 2.55 bits per heavy atom. The van der Waals surface area contributed by atoms with Gasteiger partial charge in [0, 0.05) is 18.3 Å². The molecule has 1 aromatic rings. The van der Waals surface area contributed by atoms with Crippen LogP contribution in [0.3, 0.4) is 0 Å². The molecule has 1 aliphatic carbocycles. The van der Waals surface area contributed by atoms with E-state index in [9.17, 15) is 4.79 Å². The minimum absolute atomic E-state index is 0.00480. The molecule has 0 radical (unpaired) electrons. The molecule has 0 unspecified atom stereocenters. The standard InChI is InChI=1S/C16H24N2O2/c1-16(2,3)13-6-4-5-7-14(13)17-15(20)18(10-11-19)12-8-9-12/h4-7,12,19H,8-11H2,1-3H3,(H,17,20). The number of para-hydroxylation sites is 1. The zero-order chi connectivity index (χ0) is 14.8. The summed E-state index contributed by atoms with van der Waals surface area (Å²) in [5.74, 6) is 0. The van der Waals surface area contributed by atoms with Crippen LogP contribution < -0.4 is 5.32 Å². The number of nitrogens with zero attached hydrogens (tertiary/aromatic N) is 1. The van der Waals surface area contributed by atoms with Crippen LogP contribution in [0, 0.1) is 0 Å². The maximum Gasteiger partial charge on any atom is 0.322 e. The first-order chi connectivity index (χ1) is 9.43. The van der Waals surface area contributed by atoms with Crippen LogP contribution in [0.5, 0.6) is 0 Å². The average Bonchev–Trinajstić information content (AvgIpc) is 3.19. The van der Waals surface area contributed by atoms with Crippen molar-refractivity contribution < 1.29 is 9.90 Å². The number of urea groups is 1. The molecule has 1 saturated carbocycles. The quantitative estimate of drug-likeness (QED) is 0.888. The van der Waals surface area contributed by atoms with Crippen LogP contribution in [-0.2, 0) is 5.41 Å². The van der Waals surface area contributed by atoms with E-state index >= 15 is 0 Å². The van der Waals surface area contributed by atoms with E-state index in [1.165, 1.54) is 0 Å². The molecule has 2 rings (SSSR count). The highest BCUT2D eigenvalue weighted by Gasteiger charge is 2.32. The SMILES string of the molecule is CC(C)(C)c1ccccc1NC(=O)N(CCO)C1CC1. The Morgan fingerprint density at radius 1 is 1.35 bits per heavy atom. The summed E-state index contributed by atoms with van der Waals surface area (Å²) in [4.78, 5) is 14.1. The van der Waals surface area contributed by atoms with Crippen molar-refractivity contribution in [2.75, 3.05) is 18.5 Å². The van der Waals surface area contributed by atoms with Crippen molar-refractivity contribution in [3.05, 3.63) is 29.8 Å². The van der Waals surface area contributed by atoms with E-state index in [4.69, 9.17) is 5.11 Å². The fourth-order valence-electron chi connectivity index (χ4n) is 2.38. The molecule has 1 fully saturated rings. The van der Waals surface area contributed by atoms with Gasteiger partial charge in [-0.25, -0.2) is 4.79 Å². The first kappa shape index (κ1) is 14.9. The molecule has 1 aliphatic rings. The number of aliphatic hydroxyl groups excluding tert-OH is 1. The fourth-order valence-corrected chi connectivity index (χ4v) is 2.38. The van der Waals surface area contributed by atoms with E-state index < -0.39 is 0 Å². The first-order valence-electron chi connectivity index (χ1n) is 7.21. The van der Waals surface area contributed by atoms with Gasteiger partial charge in [-0.05, 0) is 29.9 Å². The zero-order valence-corrected chi connectivity index (χ0v) is 12.5. The summed E-state index contributed by atoms with van der Waals surface area (Å²) >= 11 is 0. The smallest absolute Gasteiger partial charge is 0.322 e. The second-order valence-electron chi connectivity index (χ2n) is 6.37. The summed E-state index contributed by atoms with van der Waals surface area (Å²) in [6, 6.07) is 8.08. The number of hydrogen-bond donors (Lipinski definition) is 2. The van der Waals surface area contributed by atoms with Gasteiger partial charge in [-0.3, -0.25) is 0 Å². The molecule has 0 spiro atoms. The van der Waals surface area contributed by atoms with Crippen LogP contribution in [0.4, 0.5) is 10.5 Å². The molecular weight excluding hydrogens is 252 g/mol. The number of hydrogen-bond acceptors (Lipinski definition) is 2. The maximum absolute atomic E-state index is 12.4. The molecular formula is C16H24N2O2. The molecule has 0 saturated heterocycles. The predicted octanol–water partition coefficient (Wildman–Crippen LogP) is 2.97. The lowest BCUT2D eigenvalue weighted by atomic mass is 9.86. The Morgan fingerprint density at radius 2 is 2.00 bits per heavy atom. The molecule has 4 heteroatoms. The lowest BCUT2D eigenvalue weighted by molar-refractivity contribution is 0.185. The van der Waals surface area contributed by atoms with Crippen LogP contribution in [0.15, 0.2) is 24.3 Å². The van der Waals surface area contributed by atoms with Crippen LogP contribution in [0.1, 0.15) is 39.2 Å². The predicted molar refractivity (Wildman–Crippen MR) is 81.0 cm³/mol. The van der Waals surface area contributed by atoms with Gasteiger partial charge in [0.1, 0.15) is 0 Å². The highest BCUT2D eigenvalue weighted by molar-refractivity contribution is 5.90. The van der Waals surface area contributed by atoms with Crippen molar-refractivity contribution in [1.29, 1.82) is 0 Å². The van der Waals surface area contributed by atoms with Gasteiger partial charge in [0.05, 0.1) is 6.61 Å². The summed E-state index contributed by atoms with van der Waals surface area (Å²) in [7, 11) is 0. The third kappa shape index (κ3) is 3.51. The molecule has 0 heterocycles. The van der Waals surface area contributed by atoms with Crippen molar-refractivity contribution in [3.8, 4) is 0 Å². The molecule has 110 valence electrons. The summed E-state index contributed by atoms with van der Waals surface area (Å²) in [6.07, 6.45) is 2.07. The Kier molecular flexibility index (Phi) is 4.33. The van der Waals surface area contributed by atoms with Crippen LogP contribution in [-0.4, -0.2) is 35.2 Å². The second kappa shape index (κ2) is 5.83.